The number of nitrogens with one attached hydrogen (secondary N) is 2. The molecule has 0 saturated carbocycles. The number of piperazine rings is 1. The Balaban J connectivity index is 1.54. The van der Waals surface area contributed by atoms with Gasteiger partial charge in [0.15, 0.2) is 0 Å². The zero-order valence-electron chi connectivity index (χ0n) is 19.8. The number of rotatable bonds is 7. The van der Waals surface area contributed by atoms with E-state index < -0.39 is 10.0 Å². The second kappa shape index (κ2) is 10.8. The first kappa shape index (κ1) is 24.7. The molecule has 0 bridgehead atoms. The highest BCUT2D eigenvalue weighted by Gasteiger charge is 2.34. The molecule has 3 aliphatic rings. The van der Waals surface area contributed by atoms with Gasteiger partial charge in [0, 0.05) is 39.1 Å². The van der Waals surface area contributed by atoms with Gasteiger partial charge < -0.3 is 10.2 Å². The van der Waals surface area contributed by atoms with Crippen molar-refractivity contribution in [2.24, 2.45) is 23.7 Å². The summed E-state index contributed by atoms with van der Waals surface area (Å²) in [4.78, 5) is 17.6. The Bertz CT molecular complexity index is 738. The molecule has 8 heteroatoms. The van der Waals surface area contributed by atoms with Crippen LogP contribution in [0.15, 0.2) is 11.6 Å². The third kappa shape index (κ3) is 7.01. The number of nitrogens with zero attached hydrogens (tertiary/aromatic N) is 2. The highest BCUT2D eigenvalue weighted by atomic mass is 32.2. The summed E-state index contributed by atoms with van der Waals surface area (Å²) in [5.41, 5.74) is 1.23. The molecule has 0 aromatic rings. The summed E-state index contributed by atoms with van der Waals surface area (Å²) < 4.78 is 25.8. The number of amides is 1. The van der Waals surface area contributed by atoms with Crippen molar-refractivity contribution in [3.8, 4) is 0 Å². The summed E-state index contributed by atoms with van der Waals surface area (Å²) in [5.74, 6) is 1.54. The van der Waals surface area contributed by atoms with Gasteiger partial charge >= 0.3 is 0 Å². The molecule has 2 saturated heterocycles. The number of hydrogen-bond donors (Lipinski definition) is 2. The summed E-state index contributed by atoms with van der Waals surface area (Å²) in [6.45, 7) is 11.6. The highest BCUT2D eigenvalue weighted by Crippen LogP contribution is 2.39. The van der Waals surface area contributed by atoms with E-state index in [1.807, 2.05) is 4.90 Å². The summed E-state index contributed by atoms with van der Waals surface area (Å²) >= 11 is 0. The number of sulfonamides is 1. The molecule has 4 atom stereocenters. The van der Waals surface area contributed by atoms with E-state index in [-0.39, 0.29) is 17.7 Å². The number of allylic oxidation sites excluding steroid dienone is 1. The van der Waals surface area contributed by atoms with Crippen molar-refractivity contribution < 1.29 is 13.2 Å². The number of piperidine rings is 1. The van der Waals surface area contributed by atoms with Gasteiger partial charge in [-0.1, -0.05) is 25.5 Å². The monoisotopic (exact) mass is 454 g/mol. The molecule has 0 spiro atoms. The van der Waals surface area contributed by atoms with Gasteiger partial charge in [-0.2, -0.15) is 0 Å². The summed E-state index contributed by atoms with van der Waals surface area (Å²) in [6, 6.07) is 0. The molecule has 31 heavy (non-hydrogen) atoms. The Morgan fingerprint density at radius 2 is 1.94 bits per heavy atom. The molecule has 1 amide bonds. The van der Waals surface area contributed by atoms with Crippen LogP contribution in [0.4, 0.5) is 0 Å². The van der Waals surface area contributed by atoms with Crippen molar-refractivity contribution in [1.29, 1.82) is 0 Å². The summed E-state index contributed by atoms with van der Waals surface area (Å²) in [7, 11) is -3.20. The lowest BCUT2D eigenvalue weighted by molar-refractivity contribution is -0.134. The minimum Gasteiger partial charge on any atom is -0.340 e. The lowest BCUT2D eigenvalue weighted by Crippen LogP contribution is -2.57. The van der Waals surface area contributed by atoms with E-state index in [9.17, 15) is 13.2 Å². The van der Waals surface area contributed by atoms with Gasteiger partial charge in [0.1, 0.15) is 0 Å². The summed E-state index contributed by atoms with van der Waals surface area (Å²) in [6.07, 6.45) is 9.21. The van der Waals surface area contributed by atoms with Gasteiger partial charge in [0.25, 0.3) is 0 Å². The van der Waals surface area contributed by atoms with Gasteiger partial charge in [0.2, 0.25) is 15.9 Å². The average Bonchev–Trinajstić information content (AvgIpc) is 2.73. The van der Waals surface area contributed by atoms with Crippen LogP contribution in [0.1, 0.15) is 52.9 Å². The van der Waals surface area contributed by atoms with Crippen LogP contribution in [0.3, 0.4) is 0 Å². The maximum atomic E-state index is 13.1. The molecule has 0 radical (unpaired) electrons. The molecule has 2 N–H and O–H groups in total. The maximum Gasteiger partial charge on any atom is 0.223 e. The van der Waals surface area contributed by atoms with E-state index in [4.69, 9.17) is 0 Å². The first-order chi connectivity index (χ1) is 14.6. The van der Waals surface area contributed by atoms with E-state index in [2.05, 4.69) is 41.8 Å². The van der Waals surface area contributed by atoms with Crippen molar-refractivity contribution in [2.45, 2.75) is 59.0 Å². The largest absolute Gasteiger partial charge is 0.340 e. The minimum absolute atomic E-state index is 0.188. The zero-order chi connectivity index (χ0) is 22.6. The molecule has 7 nitrogen and oxygen atoms in total. The molecule has 4 unspecified atom stereocenters. The van der Waals surface area contributed by atoms with Crippen molar-refractivity contribution in [3.63, 3.8) is 0 Å². The number of hydrogen-bond acceptors (Lipinski definition) is 5. The van der Waals surface area contributed by atoms with Crippen LogP contribution in [0, 0.1) is 23.7 Å². The SMILES string of the molecule is CC1=CC(CNS(C)(=O)=O)C(C(C)C)CC1CC(=O)N1CCN(C2CCCCN2)CC1. The molecule has 0 aromatic heterocycles. The fraction of sp³-hybridized carbons (Fsp3) is 0.870. The number of carbonyl (C=O) groups is 1. The van der Waals surface area contributed by atoms with E-state index >= 15 is 0 Å². The van der Waals surface area contributed by atoms with Crippen molar-refractivity contribution in [3.05, 3.63) is 11.6 Å². The molecular formula is C23H42N4O3S. The van der Waals surface area contributed by atoms with Gasteiger partial charge in [-0.3, -0.25) is 9.69 Å². The molecule has 0 aromatic carbocycles. The topological polar surface area (TPSA) is 81.8 Å². The predicted octanol–water partition coefficient (Wildman–Crippen LogP) is 2.02. The smallest absolute Gasteiger partial charge is 0.223 e. The maximum absolute atomic E-state index is 13.1. The summed E-state index contributed by atoms with van der Waals surface area (Å²) in [5, 5.41) is 3.62. The van der Waals surface area contributed by atoms with Crippen LogP contribution < -0.4 is 10.0 Å². The predicted molar refractivity (Wildman–Crippen MR) is 125 cm³/mol. The standard InChI is InChI=1S/C23H42N4O3S/c1-17(2)21-14-19(18(3)13-20(21)16-25-31(4,29)30)15-23(28)27-11-9-26(10-12-27)22-7-5-6-8-24-22/h13,17,19-22,24-25H,5-12,14-16H2,1-4H3. The molecule has 1 aliphatic carbocycles. The van der Waals surface area contributed by atoms with Crippen molar-refractivity contribution in [2.75, 3.05) is 45.5 Å². The molecule has 2 heterocycles. The van der Waals surface area contributed by atoms with E-state index in [0.717, 1.165) is 39.1 Å². The van der Waals surface area contributed by atoms with Gasteiger partial charge in [-0.25, -0.2) is 13.1 Å². The lowest BCUT2D eigenvalue weighted by Gasteiger charge is -2.42. The average molecular weight is 455 g/mol. The Morgan fingerprint density at radius 3 is 2.52 bits per heavy atom. The molecular weight excluding hydrogens is 412 g/mol. The van der Waals surface area contributed by atoms with E-state index in [1.165, 1.54) is 31.1 Å². The zero-order valence-corrected chi connectivity index (χ0v) is 20.6. The van der Waals surface area contributed by atoms with Gasteiger partial charge in [-0.15, -0.1) is 0 Å². The van der Waals surface area contributed by atoms with Crippen LogP contribution >= 0.6 is 0 Å². The quantitative estimate of drug-likeness (QED) is 0.575. The normalized spacial score (nSPS) is 31.0. The van der Waals surface area contributed by atoms with E-state index in [0.29, 0.717) is 31.0 Å². The molecule has 2 aliphatic heterocycles. The van der Waals surface area contributed by atoms with E-state index in [1.54, 1.807) is 0 Å². The van der Waals surface area contributed by atoms with Crippen LogP contribution in [0.2, 0.25) is 0 Å². The first-order valence-corrected chi connectivity index (χ1v) is 13.9. The molecule has 178 valence electrons. The van der Waals surface area contributed by atoms with Crippen LogP contribution in [-0.4, -0.2) is 75.8 Å². The van der Waals surface area contributed by atoms with Crippen molar-refractivity contribution in [1.82, 2.24) is 19.8 Å². The van der Waals surface area contributed by atoms with Gasteiger partial charge in [-0.05, 0) is 62.8 Å². The fourth-order valence-electron chi connectivity index (χ4n) is 5.52. The fourth-order valence-corrected chi connectivity index (χ4v) is 6.02. The third-order valence-electron chi connectivity index (χ3n) is 7.48. The molecule has 2 fully saturated rings. The van der Waals surface area contributed by atoms with Crippen LogP contribution in [0.5, 0.6) is 0 Å². The second-order valence-corrected chi connectivity index (χ2v) is 12.0. The Kier molecular flexibility index (Phi) is 8.57. The minimum atomic E-state index is -3.20. The van der Waals surface area contributed by atoms with Gasteiger partial charge in [0.05, 0.1) is 12.4 Å². The highest BCUT2D eigenvalue weighted by molar-refractivity contribution is 7.88. The Labute approximate surface area is 189 Å². The first-order valence-electron chi connectivity index (χ1n) is 12.0. The van der Waals surface area contributed by atoms with Crippen molar-refractivity contribution >= 4 is 15.9 Å². The Hall–Kier alpha value is -0.960. The second-order valence-electron chi connectivity index (χ2n) is 10.1. The molecule has 3 rings (SSSR count). The van der Waals surface area contributed by atoms with Crippen LogP contribution in [-0.2, 0) is 14.8 Å². The Morgan fingerprint density at radius 1 is 1.23 bits per heavy atom. The number of carbonyl (C=O) groups excluding carboxylic acids is 1. The lowest BCUT2D eigenvalue weighted by atomic mass is 9.70. The third-order valence-corrected chi connectivity index (χ3v) is 8.17. The van der Waals surface area contributed by atoms with Crippen LogP contribution in [0.25, 0.3) is 0 Å².